The number of likely N-dealkylation sites (tertiary alicyclic amines) is 1. The molecular weight excluding hydrogens is 238 g/mol. The summed E-state index contributed by atoms with van der Waals surface area (Å²) in [5.41, 5.74) is 7.61. The Labute approximate surface area is 113 Å². The van der Waals surface area contributed by atoms with E-state index in [9.17, 15) is 0 Å². The number of hydrogen-bond donors (Lipinski definition) is 1. The van der Waals surface area contributed by atoms with Gasteiger partial charge in [0, 0.05) is 32.1 Å². The third kappa shape index (κ3) is 2.52. The third-order valence-electron chi connectivity index (χ3n) is 3.84. The molecule has 1 aromatic heterocycles. The summed E-state index contributed by atoms with van der Waals surface area (Å²) < 4.78 is 1.82. The number of benzene rings is 1. The van der Waals surface area contributed by atoms with Gasteiger partial charge in [-0.1, -0.05) is 30.3 Å². The number of aryl methyl sites for hydroxylation is 1. The molecule has 1 fully saturated rings. The van der Waals surface area contributed by atoms with E-state index < -0.39 is 0 Å². The molecule has 3 rings (SSSR count). The molecule has 100 valence electrons. The highest BCUT2D eigenvalue weighted by atomic mass is 15.3. The van der Waals surface area contributed by atoms with Gasteiger partial charge in [-0.25, -0.2) is 4.98 Å². The highest BCUT2D eigenvalue weighted by Crippen LogP contribution is 2.26. The van der Waals surface area contributed by atoms with Crippen LogP contribution in [0.5, 0.6) is 0 Å². The van der Waals surface area contributed by atoms with Crippen LogP contribution >= 0.6 is 0 Å². The molecule has 0 aliphatic carbocycles. The van der Waals surface area contributed by atoms with Crippen molar-refractivity contribution in [1.82, 2.24) is 19.7 Å². The topological polar surface area (TPSA) is 60.0 Å². The van der Waals surface area contributed by atoms with E-state index in [0.717, 1.165) is 25.5 Å². The van der Waals surface area contributed by atoms with E-state index >= 15 is 0 Å². The predicted molar refractivity (Wildman–Crippen MR) is 73.4 cm³/mol. The molecule has 5 heteroatoms. The van der Waals surface area contributed by atoms with Crippen LogP contribution in [-0.4, -0.2) is 38.8 Å². The molecule has 0 spiro atoms. The van der Waals surface area contributed by atoms with Crippen molar-refractivity contribution >= 4 is 0 Å². The highest BCUT2D eigenvalue weighted by molar-refractivity contribution is 5.23. The zero-order valence-electron chi connectivity index (χ0n) is 11.1. The van der Waals surface area contributed by atoms with E-state index in [1.165, 1.54) is 5.56 Å². The van der Waals surface area contributed by atoms with Gasteiger partial charge in [-0.3, -0.25) is 9.58 Å². The van der Waals surface area contributed by atoms with Crippen LogP contribution in [0.15, 0.2) is 36.7 Å². The van der Waals surface area contributed by atoms with Crippen molar-refractivity contribution < 1.29 is 0 Å². The van der Waals surface area contributed by atoms with Gasteiger partial charge in [-0.05, 0) is 5.56 Å². The monoisotopic (exact) mass is 257 g/mol. The van der Waals surface area contributed by atoms with E-state index in [2.05, 4.69) is 39.2 Å². The molecule has 2 aromatic rings. The van der Waals surface area contributed by atoms with Crippen LogP contribution in [0.3, 0.4) is 0 Å². The fraction of sp³-hybridized carbons (Fsp3) is 0.429. The fourth-order valence-electron chi connectivity index (χ4n) is 2.76. The third-order valence-corrected chi connectivity index (χ3v) is 3.84. The van der Waals surface area contributed by atoms with Gasteiger partial charge in [0.1, 0.15) is 12.2 Å². The smallest absolute Gasteiger partial charge is 0.140 e. The molecule has 0 radical (unpaired) electrons. The van der Waals surface area contributed by atoms with Crippen molar-refractivity contribution in [2.75, 3.05) is 13.1 Å². The van der Waals surface area contributed by atoms with Crippen molar-refractivity contribution in [2.45, 2.75) is 18.5 Å². The summed E-state index contributed by atoms with van der Waals surface area (Å²) >= 11 is 0. The first-order valence-corrected chi connectivity index (χ1v) is 6.60. The van der Waals surface area contributed by atoms with E-state index in [0.29, 0.717) is 5.92 Å². The predicted octanol–water partition coefficient (Wildman–Crippen LogP) is 0.742. The van der Waals surface area contributed by atoms with Crippen LogP contribution in [0.25, 0.3) is 0 Å². The number of rotatable bonds is 3. The Balaban J connectivity index is 1.70. The molecule has 1 aliphatic heterocycles. The first-order chi connectivity index (χ1) is 9.24. The lowest BCUT2D eigenvalue weighted by Gasteiger charge is -2.15. The first-order valence-electron chi connectivity index (χ1n) is 6.60. The minimum atomic E-state index is 0.190. The number of hydrogen-bond acceptors (Lipinski definition) is 4. The molecule has 2 heterocycles. The molecule has 19 heavy (non-hydrogen) atoms. The Kier molecular flexibility index (Phi) is 3.31. The lowest BCUT2D eigenvalue weighted by atomic mass is 9.95. The van der Waals surface area contributed by atoms with E-state index in [1.54, 1.807) is 6.33 Å². The molecule has 1 saturated heterocycles. The molecule has 0 amide bonds. The van der Waals surface area contributed by atoms with Gasteiger partial charge >= 0.3 is 0 Å². The van der Waals surface area contributed by atoms with Gasteiger partial charge in [-0.15, -0.1) is 0 Å². The second-order valence-corrected chi connectivity index (χ2v) is 5.17. The minimum absolute atomic E-state index is 0.190. The summed E-state index contributed by atoms with van der Waals surface area (Å²) in [6, 6.07) is 10.7. The van der Waals surface area contributed by atoms with Crippen LogP contribution < -0.4 is 5.73 Å². The molecule has 1 aliphatic rings. The second-order valence-electron chi connectivity index (χ2n) is 5.17. The summed E-state index contributed by atoms with van der Waals surface area (Å²) in [5.74, 6) is 1.40. The van der Waals surface area contributed by atoms with Gasteiger partial charge in [-0.2, -0.15) is 5.10 Å². The van der Waals surface area contributed by atoms with E-state index in [4.69, 9.17) is 5.73 Å². The summed E-state index contributed by atoms with van der Waals surface area (Å²) in [5, 5.41) is 4.10. The summed E-state index contributed by atoms with van der Waals surface area (Å²) in [4.78, 5) is 6.62. The Morgan fingerprint density at radius 3 is 2.74 bits per heavy atom. The SMILES string of the molecule is Cn1ncnc1CN1C[C@@H](N)[C@H](c2ccccc2)C1. The van der Waals surface area contributed by atoms with Crippen LogP contribution in [0.1, 0.15) is 17.3 Å². The van der Waals surface area contributed by atoms with Gasteiger partial charge in [0.2, 0.25) is 0 Å². The van der Waals surface area contributed by atoms with Gasteiger partial charge in [0.15, 0.2) is 0 Å². The fourth-order valence-corrected chi connectivity index (χ4v) is 2.76. The quantitative estimate of drug-likeness (QED) is 0.881. The van der Waals surface area contributed by atoms with Crippen molar-refractivity contribution in [3.63, 3.8) is 0 Å². The van der Waals surface area contributed by atoms with Crippen LogP contribution in [0.2, 0.25) is 0 Å². The average molecular weight is 257 g/mol. The molecule has 1 aromatic carbocycles. The zero-order chi connectivity index (χ0) is 13.2. The van der Waals surface area contributed by atoms with Crippen LogP contribution in [0, 0.1) is 0 Å². The number of aromatic nitrogens is 3. The van der Waals surface area contributed by atoms with Gasteiger partial charge in [0.05, 0.1) is 6.54 Å². The number of nitrogens with zero attached hydrogens (tertiary/aromatic N) is 4. The summed E-state index contributed by atoms with van der Waals surface area (Å²) in [6.45, 7) is 2.71. The zero-order valence-corrected chi connectivity index (χ0v) is 11.1. The molecule has 2 N–H and O–H groups in total. The molecule has 0 saturated carbocycles. The first kappa shape index (κ1) is 12.3. The molecule has 0 bridgehead atoms. The molecule has 2 atom stereocenters. The Morgan fingerprint density at radius 2 is 2.05 bits per heavy atom. The summed E-state index contributed by atoms with van der Waals surface area (Å²) in [7, 11) is 1.92. The maximum Gasteiger partial charge on any atom is 0.140 e. The maximum absolute atomic E-state index is 6.28. The standard InChI is InChI=1S/C14H19N5/c1-18-14(16-10-17-18)9-19-7-12(13(15)8-19)11-5-3-2-4-6-11/h2-6,10,12-13H,7-9,15H2,1H3/t12-,13+/m0/s1. The van der Waals surface area contributed by atoms with Gasteiger partial charge < -0.3 is 5.73 Å². The largest absolute Gasteiger partial charge is 0.326 e. The highest BCUT2D eigenvalue weighted by Gasteiger charge is 2.31. The maximum atomic E-state index is 6.28. The van der Waals surface area contributed by atoms with Crippen molar-refractivity contribution in [3.8, 4) is 0 Å². The lowest BCUT2D eigenvalue weighted by Crippen LogP contribution is -2.29. The second kappa shape index (κ2) is 5.11. The van der Waals surface area contributed by atoms with E-state index in [1.807, 2.05) is 17.8 Å². The van der Waals surface area contributed by atoms with Gasteiger partial charge in [0.25, 0.3) is 0 Å². The minimum Gasteiger partial charge on any atom is -0.326 e. The van der Waals surface area contributed by atoms with Crippen molar-refractivity contribution in [1.29, 1.82) is 0 Å². The Morgan fingerprint density at radius 1 is 1.26 bits per heavy atom. The molecular formula is C14H19N5. The van der Waals surface area contributed by atoms with Crippen molar-refractivity contribution in [3.05, 3.63) is 48.0 Å². The summed E-state index contributed by atoms with van der Waals surface area (Å²) in [6.07, 6.45) is 1.60. The van der Waals surface area contributed by atoms with Crippen LogP contribution in [0.4, 0.5) is 0 Å². The number of nitrogens with two attached hydrogens (primary N) is 1. The lowest BCUT2D eigenvalue weighted by molar-refractivity contribution is 0.310. The van der Waals surface area contributed by atoms with E-state index in [-0.39, 0.29) is 6.04 Å². The molecule has 5 nitrogen and oxygen atoms in total. The molecule has 0 unspecified atom stereocenters. The Hall–Kier alpha value is -1.72. The normalized spacial score (nSPS) is 23.9. The van der Waals surface area contributed by atoms with Crippen molar-refractivity contribution in [2.24, 2.45) is 12.8 Å². The average Bonchev–Trinajstić information content (AvgIpc) is 2.98. The Bertz CT molecular complexity index is 536. The van der Waals surface area contributed by atoms with Crippen LogP contribution in [-0.2, 0) is 13.6 Å².